The second-order valence-corrected chi connectivity index (χ2v) is 8.02. The van der Waals surface area contributed by atoms with Gasteiger partial charge in [-0.05, 0) is 76.0 Å². The van der Waals surface area contributed by atoms with E-state index >= 15 is 0 Å². The van der Waals surface area contributed by atoms with E-state index in [0.29, 0.717) is 16.7 Å². The Hall–Kier alpha value is -4.42. The molecule has 4 aromatic carbocycles. The predicted octanol–water partition coefficient (Wildman–Crippen LogP) is 5.72. The predicted molar refractivity (Wildman–Crippen MR) is 127 cm³/mol. The highest BCUT2D eigenvalue weighted by Crippen LogP contribution is 2.27. The SMILES string of the molecule is O=C(O)c1ccc(C(O)c2ccc3ccc(C(=O)OCc4ccc5occc5c4)cc3c2)cc1. The lowest BCUT2D eigenvalue weighted by Gasteiger charge is -2.13. The monoisotopic (exact) mass is 452 g/mol. The van der Waals surface area contributed by atoms with E-state index in [1.807, 2.05) is 48.5 Å². The van der Waals surface area contributed by atoms with Crippen molar-refractivity contribution in [3.63, 3.8) is 0 Å². The molecule has 1 atom stereocenters. The van der Waals surface area contributed by atoms with Gasteiger partial charge in [-0.2, -0.15) is 0 Å². The first-order chi connectivity index (χ1) is 16.5. The Morgan fingerprint density at radius 3 is 2.29 bits per heavy atom. The van der Waals surface area contributed by atoms with Crippen molar-refractivity contribution in [3.05, 3.63) is 119 Å². The Morgan fingerprint density at radius 1 is 0.765 bits per heavy atom. The minimum atomic E-state index is -1.02. The molecule has 2 N–H and O–H groups in total. The molecule has 5 aromatic rings. The number of aliphatic hydroxyl groups excluding tert-OH is 1. The van der Waals surface area contributed by atoms with Gasteiger partial charge in [0.2, 0.25) is 0 Å². The fourth-order valence-corrected chi connectivity index (χ4v) is 3.90. The van der Waals surface area contributed by atoms with Crippen molar-refractivity contribution in [2.24, 2.45) is 0 Å². The van der Waals surface area contributed by atoms with E-state index in [1.165, 1.54) is 12.1 Å². The molecule has 0 bridgehead atoms. The van der Waals surface area contributed by atoms with E-state index in [-0.39, 0.29) is 12.2 Å². The molecule has 34 heavy (non-hydrogen) atoms. The normalized spacial score (nSPS) is 12.0. The number of fused-ring (bicyclic) bond motifs is 2. The van der Waals surface area contributed by atoms with Crippen LogP contribution in [0.5, 0.6) is 0 Å². The van der Waals surface area contributed by atoms with Gasteiger partial charge in [-0.1, -0.05) is 36.4 Å². The fourth-order valence-electron chi connectivity index (χ4n) is 3.90. The number of hydrogen-bond acceptors (Lipinski definition) is 5. The molecule has 1 unspecified atom stereocenters. The van der Waals surface area contributed by atoms with Crippen LogP contribution >= 0.6 is 0 Å². The first-order valence-electron chi connectivity index (χ1n) is 10.7. The molecule has 5 rings (SSSR count). The molecular weight excluding hydrogens is 432 g/mol. The third kappa shape index (κ3) is 4.27. The van der Waals surface area contributed by atoms with Gasteiger partial charge >= 0.3 is 11.9 Å². The Kier molecular flexibility index (Phi) is 5.57. The number of benzene rings is 4. The fraction of sp³-hybridized carbons (Fsp3) is 0.0714. The lowest BCUT2D eigenvalue weighted by Crippen LogP contribution is -2.05. The summed E-state index contributed by atoms with van der Waals surface area (Å²) in [5, 5.41) is 22.5. The van der Waals surface area contributed by atoms with Gasteiger partial charge in [0.15, 0.2) is 0 Å². The first-order valence-corrected chi connectivity index (χ1v) is 10.7. The molecule has 6 heteroatoms. The molecule has 168 valence electrons. The summed E-state index contributed by atoms with van der Waals surface area (Å²) in [5.41, 5.74) is 3.42. The van der Waals surface area contributed by atoms with Crippen molar-refractivity contribution in [3.8, 4) is 0 Å². The van der Waals surface area contributed by atoms with Crippen LogP contribution in [0, 0.1) is 0 Å². The van der Waals surface area contributed by atoms with Gasteiger partial charge in [-0.25, -0.2) is 9.59 Å². The lowest BCUT2D eigenvalue weighted by molar-refractivity contribution is 0.0472. The van der Waals surface area contributed by atoms with Gasteiger partial charge in [0, 0.05) is 5.39 Å². The Bertz CT molecular complexity index is 1510. The third-order valence-corrected chi connectivity index (χ3v) is 5.78. The Morgan fingerprint density at radius 2 is 1.50 bits per heavy atom. The number of aliphatic hydroxyl groups is 1. The van der Waals surface area contributed by atoms with Crippen molar-refractivity contribution < 1.29 is 29.0 Å². The van der Waals surface area contributed by atoms with E-state index in [1.54, 1.807) is 30.5 Å². The molecule has 0 aliphatic rings. The van der Waals surface area contributed by atoms with Crippen LogP contribution in [0.3, 0.4) is 0 Å². The number of rotatable bonds is 6. The van der Waals surface area contributed by atoms with E-state index in [2.05, 4.69) is 0 Å². The van der Waals surface area contributed by atoms with Crippen LogP contribution < -0.4 is 0 Å². The van der Waals surface area contributed by atoms with Crippen LogP contribution in [0.15, 0.2) is 95.6 Å². The van der Waals surface area contributed by atoms with Crippen molar-refractivity contribution in [2.75, 3.05) is 0 Å². The molecule has 0 spiro atoms. The molecular formula is C28H20O6. The zero-order valence-electron chi connectivity index (χ0n) is 18.0. The highest BCUT2D eigenvalue weighted by molar-refractivity contribution is 5.95. The summed E-state index contributed by atoms with van der Waals surface area (Å²) >= 11 is 0. The topological polar surface area (TPSA) is 97.0 Å². The van der Waals surface area contributed by atoms with Crippen LogP contribution in [0.2, 0.25) is 0 Å². The van der Waals surface area contributed by atoms with Crippen LogP contribution in [0.25, 0.3) is 21.7 Å². The standard InChI is InChI=1S/C28H20O6/c29-26(19-4-6-20(7-5-19)27(30)31)22-8-2-18-3-9-23(15-24(18)14-22)28(32)34-16-17-1-10-25-21(13-17)11-12-33-25/h1-15,26,29H,16H2,(H,30,31). The van der Waals surface area contributed by atoms with E-state index < -0.39 is 18.0 Å². The maximum absolute atomic E-state index is 12.7. The number of carboxylic acids is 1. The molecule has 1 aromatic heterocycles. The molecule has 0 saturated carbocycles. The molecule has 0 aliphatic heterocycles. The first kappa shape index (κ1) is 21.4. The second kappa shape index (κ2) is 8.84. The quantitative estimate of drug-likeness (QED) is 0.320. The maximum atomic E-state index is 12.7. The van der Waals surface area contributed by atoms with Crippen molar-refractivity contribution in [1.29, 1.82) is 0 Å². The molecule has 0 radical (unpaired) electrons. The van der Waals surface area contributed by atoms with Crippen molar-refractivity contribution in [1.82, 2.24) is 0 Å². The Balaban J connectivity index is 1.34. The summed E-state index contributed by atoms with van der Waals surface area (Å²) in [6, 6.07) is 24.4. The smallest absolute Gasteiger partial charge is 0.338 e. The summed E-state index contributed by atoms with van der Waals surface area (Å²) < 4.78 is 10.8. The average Bonchev–Trinajstić information content (AvgIpc) is 3.34. The minimum Gasteiger partial charge on any atom is -0.478 e. The summed E-state index contributed by atoms with van der Waals surface area (Å²) in [7, 11) is 0. The van der Waals surface area contributed by atoms with Gasteiger partial charge in [-0.3, -0.25) is 0 Å². The highest BCUT2D eigenvalue weighted by Gasteiger charge is 2.14. The number of hydrogen-bond donors (Lipinski definition) is 2. The van der Waals surface area contributed by atoms with Gasteiger partial charge in [0.05, 0.1) is 17.4 Å². The number of carboxylic acid groups (broad SMARTS) is 1. The summed E-state index contributed by atoms with van der Waals surface area (Å²) in [6.45, 7) is 0.142. The second-order valence-electron chi connectivity index (χ2n) is 8.02. The molecule has 0 saturated heterocycles. The van der Waals surface area contributed by atoms with E-state index in [0.717, 1.165) is 27.3 Å². The zero-order chi connectivity index (χ0) is 23.7. The molecule has 0 aliphatic carbocycles. The van der Waals surface area contributed by atoms with E-state index in [9.17, 15) is 14.7 Å². The highest BCUT2D eigenvalue weighted by atomic mass is 16.5. The van der Waals surface area contributed by atoms with Crippen LogP contribution in [-0.4, -0.2) is 22.2 Å². The average molecular weight is 452 g/mol. The zero-order valence-corrected chi connectivity index (χ0v) is 18.0. The molecule has 0 fully saturated rings. The summed E-state index contributed by atoms with van der Waals surface area (Å²) in [4.78, 5) is 23.7. The van der Waals surface area contributed by atoms with Gasteiger partial charge in [0.1, 0.15) is 18.3 Å². The number of carbonyl (C=O) groups excluding carboxylic acids is 1. The van der Waals surface area contributed by atoms with Crippen LogP contribution in [0.4, 0.5) is 0 Å². The summed E-state index contributed by atoms with van der Waals surface area (Å²) in [6.07, 6.45) is 0.687. The van der Waals surface area contributed by atoms with Crippen molar-refractivity contribution in [2.45, 2.75) is 12.7 Å². The van der Waals surface area contributed by atoms with Crippen LogP contribution in [0.1, 0.15) is 43.5 Å². The number of furan rings is 1. The number of aromatic carboxylic acids is 1. The van der Waals surface area contributed by atoms with Gasteiger partial charge in [0.25, 0.3) is 0 Å². The maximum Gasteiger partial charge on any atom is 0.338 e. The molecule has 0 amide bonds. The number of esters is 1. The van der Waals surface area contributed by atoms with Gasteiger partial charge < -0.3 is 19.4 Å². The molecule has 6 nitrogen and oxygen atoms in total. The van der Waals surface area contributed by atoms with E-state index in [4.69, 9.17) is 14.3 Å². The molecule has 1 heterocycles. The number of ether oxygens (including phenoxy) is 1. The van der Waals surface area contributed by atoms with Crippen molar-refractivity contribution >= 4 is 33.7 Å². The Labute approximate surface area is 194 Å². The summed E-state index contributed by atoms with van der Waals surface area (Å²) in [5.74, 6) is -1.46. The van der Waals surface area contributed by atoms with Crippen LogP contribution in [-0.2, 0) is 11.3 Å². The lowest BCUT2D eigenvalue weighted by atomic mass is 9.97. The minimum absolute atomic E-state index is 0.142. The largest absolute Gasteiger partial charge is 0.478 e. The van der Waals surface area contributed by atoms with Gasteiger partial charge in [-0.15, -0.1) is 0 Å². The third-order valence-electron chi connectivity index (χ3n) is 5.78. The number of carbonyl (C=O) groups is 2.